The van der Waals surface area contributed by atoms with Crippen LogP contribution in [0.1, 0.15) is 34.1 Å². The van der Waals surface area contributed by atoms with E-state index in [9.17, 15) is 9.59 Å². The normalized spacial score (nSPS) is 47.4. The number of carbonyl (C=O) groups excluding carboxylic acids is 2. The minimum absolute atomic E-state index is 0.00302. The molecule has 4 heterocycles. The molecule has 0 aromatic rings. The summed E-state index contributed by atoms with van der Waals surface area (Å²) >= 11 is 0. The summed E-state index contributed by atoms with van der Waals surface area (Å²) in [5.74, 6) is -1.54. The highest BCUT2D eigenvalue weighted by Crippen LogP contribution is 2.46. The molecule has 0 saturated carbocycles. The Morgan fingerprint density at radius 3 is 2.72 bits per heavy atom. The maximum atomic E-state index is 12.9. The van der Waals surface area contributed by atoms with Crippen molar-refractivity contribution in [3.63, 3.8) is 0 Å². The number of cyclic esters (lactones) is 1. The predicted molar refractivity (Wildman–Crippen MR) is 86.5 cm³/mol. The van der Waals surface area contributed by atoms with Crippen molar-refractivity contribution in [1.29, 1.82) is 0 Å². The monoisotopic (exact) mass is 351 g/mol. The fourth-order valence-corrected chi connectivity index (χ4v) is 4.59. The molecule has 0 unspecified atom stereocenters. The summed E-state index contributed by atoms with van der Waals surface area (Å²) in [6.45, 7) is 8.66. The molecule has 3 fully saturated rings. The van der Waals surface area contributed by atoms with Gasteiger partial charge < -0.3 is 18.9 Å². The van der Waals surface area contributed by atoms with Crippen molar-refractivity contribution in [3.05, 3.63) is 11.6 Å². The van der Waals surface area contributed by atoms with Crippen LogP contribution in [0.25, 0.3) is 0 Å². The summed E-state index contributed by atoms with van der Waals surface area (Å²) in [5, 5.41) is 0. The van der Waals surface area contributed by atoms with E-state index in [0.29, 0.717) is 0 Å². The van der Waals surface area contributed by atoms with E-state index in [1.807, 2.05) is 0 Å². The molecular weight excluding hydrogens is 326 g/mol. The molecule has 138 valence electrons. The molecule has 4 aliphatic heterocycles. The van der Waals surface area contributed by atoms with Gasteiger partial charge in [0, 0.05) is 13.1 Å². The maximum Gasteiger partial charge on any atom is 0.341 e. The van der Waals surface area contributed by atoms with E-state index >= 15 is 0 Å². The van der Waals surface area contributed by atoms with Crippen LogP contribution in [0.3, 0.4) is 0 Å². The van der Waals surface area contributed by atoms with Gasteiger partial charge in [-0.3, -0.25) is 9.69 Å². The highest BCUT2D eigenvalue weighted by Gasteiger charge is 2.65. The largest absolute Gasteiger partial charge is 0.460 e. The molecule has 0 spiro atoms. The number of esters is 2. The van der Waals surface area contributed by atoms with Crippen LogP contribution in [0.2, 0.25) is 0 Å². The van der Waals surface area contributed by atoms with Gasteiger partial charge in [0.2, 0.25) is 0 Å². The molecule has 3 saturated heterocycles. The van der Waals surface area contributed by atoms with E-state index in [1.165, 1.54) is 0 Å². The van der Waals surface area contributed by atoms with Crippen LogP contribution in [0.15, 0.2) is 11.6 Å². The lowest BCUT2D eigenvalue weighted by Gasteiger charge is -2.38. The van der Waals surface area contributed by atoms with E-state index in [-0.39, 0.29) is 24.7 Å². The van der Waals surface area contributed by atoms with Crippen LogP contribution in [-0.4, -0.2) is 66.2 Å². The lowest BCUT2D eigenvalue weighted by atomic mass is 9.76. The summed E-state index contributed by atoms with van der Waals surface area (Å²) in [6.07, 6.45) is 2.03. The smallest absolute Gasteiger partial charge is 0.341 e. The molecule has 0 amide bonds. The van der Waals surface area contributed by atoms with Crippen molar-refractivity contribution in [2.75, 3.05) is 19.7 Å². The van der Waals surface area contributed by atoms with Gasteiger partial charge in [-0.05, 0) is 39.7 Å². The van der Waals surface area contributed by atoms with E-state index < -0.39 is 29.4 Å². The summed E-state index contributed by atoms with van der Waals surface area (Å²) in [6, 6.07) is 0.00302. The average Bonchev–Trinajstić information content (AvgIpc) is 3.19. The first-order valence-corrected chi connectivity index (χ1v) is 8.92. The number of fused-ring (bicyclic) bond motifs is 1. The van der Waals surface area contributed by atoms with Gasteiger partial charge in [-0.25, -0.2) is 4.79 Å². The molecule has 0 bridgehead atoms. The molecule has 4 rings (SSSR count). The summed E-state index contributed by atoms with van der Waals surface area (Å²) in [7, 11) is 0. The van der Waals surface area contributed by atoms with Crippen LogP contribution in [0.4, 0.5) is 0 Å². The molecule has 0 radical (unpaired) electrons. The lowest BCUT2D eigenvalue weighted by Crippen LogP contribution is -2.59. The first kappa shape index (κ1) is 17.0. The van der Waals surface area contributed by atoms with Gasteiger partial charge in [-0.2, -0.15) is 0 Å². The van der Waals surface area contributed by atoms with Crippen molar-refractivity contribution in [2.45, 2.75) is 63.8 Å². The van der Waals surface area contributed by atoms with Gasteiger partial charge in [0.05, 0.1) is 12.0 Å². The third kappa shape index (κ3) is 2.29. The Morgan fingerprint density at radius 2 is 1.96 bits per heavy atom. The Bertz CT molecular complexity index is 647. The third-order valence-corrected chi connectivity index (χ3v) is 6.38. The minimum atomic E-state index is -1.37. The van der Waals surface area contributed by atoms with Gasteiger partial charge in [-0.15, -0.1) is 0 Å². The first-order valence-electron chi connectivity index (χ1n) is 8.92. The van der Waals surface area contributed by atoms with E-state index in [1.54, 1.807) is 27.7 Å². The fourth-order valence-electron chi connectivity index (χ4n) is 4.59. The number of hydrogen-bond acceptors (Lipinski definition) is 7. The van der Waals surface area contributed by atoms with Gasteiger partial charge in [-0.1, -0.05) is 6.08 Å². The third-order valence-electron chi connectivity index (χ3n) is 6.38. The van der Waals surface area contributed by atoms with Gasteiger partial charge in [0.25, 0.3) is 0 Å². The zero-order valence-corrected chi connectivity index (χ0v) is 15.1. The van der Waals surface area contributed by atoms with E-state index in [0.717, 1.165) is 25.1 Å². The number of ether oxygens (including phenoxy) is 4. The van der Waals surface area contributed by atoms with Crippen molar-refractivity contribution in [3.8, 4) is 0 Å². The van der Waals surface area contributed by atoms with Crippen molar-refractivity contribution >= 4 is 11.9 Å². The summed E-state index contributed by atoms with van der Waals surface area (Å²) in [4.78, 5) is 28.0. The Balaban J connectivity index is 1.73. The molecule has 0 N–H and O–H groups in total. The molecule has 0 aliphatic carbocycles. The number of carbonyl (C=O) groups is 2. The van der Waals surface area contributed by atoms with Crippen LogP contribution >= 0.6 is 0 Å². The zero-order chi connectivity index (χ0) is 18.0. The molecule has 4 aliphatic rings. The van der Waals surface area contributed by atoms with Gasteiger partial charge >= 0.3 is 11.9 Å². The van der Waals surface area contributed by atoms with Crippen molar-refractivity contribution in [1.82, 2.24) is 4.90 Å². The van der Waals surface area contributed by atoms with Crippen LogP contribution in [0, 0.1) is 5.92 Å². The molecule has 25 heavy (non-hydrogen) atoms. The molecule has 7 heteroatoms. The number of nitrogens with zero attached hydrogens (tertiary/aromatic N) is 1. The summed E-state index contributed by atoms with van der Waals surface area (Å²) in [5.41, 5.74) is -1.54. The zero-order valence-electron chi connectivity index (χ0n) is 15.1. The quantitative estimate of drug-likeness (QED) is 0.476. The van der Waals surface area contributed by atoms with Crippen LogP contribution in [-0.2, 0) is 28.5 Å². The van der Waals surface area contributed by atoms with E-state index in [4.69, 9.17) is 18.9 Å². The lowest BCUT2D eigenvalue weighted by molar-refractivity contribution is -0.179. The van der Waals surface area contributed by atoms with Crippen molar-refractivity contribution in [2.24, 2.45) is 5.92 Å². The molecule has 0 aromatic heterocycles. The second-order valence-electron chi connectivity index (χ2n) is 7.72. The maximum absolute atomic E-state index is 12.9. The highest BCUT2D eigenvalue weighted by molar-refractivity contribution is 5.84. The van der Waals surface area contributed by atoms with E-state index in [2.05, 4.69) is 11.0 Å². The Morgan fingerprint density at radius 1 is 1.20 bits per heavy atom. The molecule has 7 nitrogen and oxygen atoms in total. The topological polar surface area (TPSA) is 74.3 Å². The second kappa shape index (κ2) is 5.53. The highest BCUT2D eigenvalue weighted by atomic mass is 16.8. The summed E-state index contributed by atoms with van der Waals surface area (Å²) < 4.78 is 23.2. The standard InChI is InChI=1S/C18H25NO6/c1-10-15(20)23-13-6-8-19-7-5-12(14(13)19)9-22-16(21)18(4)17(10,3)24-11(2)25-18/h5,10-11,13-14H,6-9H2,1-4H3/t10-,11+,13+,14+,17+,18-/m0/s1. The average molecular weight is 351 g/mol. The van der Waals surface area contributed by atoms with Gasteiger partial charge in [0.1, 0.15) is 18.3 Å². The molecular formula is C18H25NO6. The Hall–Kier alpha value is -1.44. The fraction of sp³-hybridized carbons (Fsp3) is 0.778. The van der Waals surface area contributed by atoms with Crippen LogP contribution in [0.5, 0.6) is 0 Å². The first-order chi connectivity index (χ1) is 11.8. The minimum Gasteiger partial charge on any atom is -0.460 e. The number of hydrogen-bond donors (Lipinski definition) is 0. The SMILES string of the molecule is C[C@H]1O[C@@]2(C)C(=O)OCC3=CCN4CC[C@@H](OC(=O)[C@H](C)[C@@]2(C)O1)[C@@H]34. The Labute approximate surface area is 147 Å². The predicted octanol–water partition coefficient (Wildman–Crippen LogP) is 1.02. The number of rotatable bonds is 0. The second-order valence-corrected chi connectivity index (χ2v) is 7.72. The Kier molecular flexibility index (Phi) is 3.76. The van der Waals surface area contributed by atoms with Gasteiger partial charge in [0.15, 0.2) is 11.9 Å². The van der Waals surface area contributed by atoms with Crippen LogP contribution < -0.4 is 0 Å². The molecule has 0 aromatic carbocycles. The molecule has 6 atom stereocenters. The van der Waals surface area contributed by atoms with Crippen molar-refractivity contribution < 1.29 is 28.5 Å².